The van der Waals surface area contributed by atoms with Crippen molar-refractivity contribution in [2.45, 2.75) is 95.9 Å². The summed E-state index contributed by atoms with van der Waals surface area (Å²) in [6.07, 6.45) is 8.53. The molecular weight excluding hydrogens is 521 g/mol. The molecule has 0 heterocycles. The molecule has 3 aliphatic carbocycles. The smallest absolute Gasteiger partial charge is 0.407 e. The molecule has 184 valence electrons. The lowest BCUT2D eigenvalue weighted by molar-refractivity contribution is -0.127. The van der Waals surface area contributed by atoms with Crippen LogP contribution in [0.25, 0.3) is 0 Å². The van der Waals surface area contributed by atoms with Crippen molar-refractivity contribution in [2.75, 3.05) is 20.6 Å². The standard InChI is InChI=1S/C23H41N5O3.HI/c1-23(2,3)31-22(30)26-18-10-8-17(9-11-18)25-21(24-14-20(29)28(4)5)27-19-13-15-6-7-16(19)12-15;/h15-19H,6-14H2,1-5H3,(H,26,30)(H2,24,25,27);1H. The summed E-state index contributed by atoms with van der Waals surface area (Å²) >= 11 is 0. The number of rotatable bonds is 5. The lowest BCUT2D eigenvalue weighted by Crippen LogP contribution is -2.51. The van der Waals surface area contributed by atoms with Crippen LogP contribution in [-0.4, -0.2) is 67.2 Å². The molecule has 9 heteroatoms. The summed E-state index contributed by atoms with van der Waals surface area (Å²) in [4.78, 5) is 30.3. The van der Waals surface area contributed by atoms with E-state index in [0.29, 0.717) is 6.04 Å². The number of aliphatic imine (C=N–C) groups is 1. The number of hydrogen-bond donors (Lipinski definition) is 3. The first-order chi connectivity index (χ1) is 14.6. The molecule has 3 N–H and O–H groups in total. The number of hydrogen-bond acceptors (Lipinski definition) is 4. The molecule has 0 spiro atoms. The predicted octanol–water partition coefficient (Wildman–Crippen LogP) is 3.25. The Morgan fingerprint density at radius 1 is 0.938 bits per heavy atom. The Labute approximate surface area is 210 Å². The molecule has 0 aromatic carbocycles. The first-order valence-corrected chi connectivity index (χ1v) is 11.9. The molecule has 2 amide bonds. The molecule has 2 bridgehead atoms. The Morgan fingerprint density at radius 3 is 2.06 bits per heavy atom. The molecule has 8 nitrogen and oxygen atoms in total. The third kappa shape index (κ3) is 8.26. The van der Waals surface area contributed by atoms with Gasteiger partial charge < -0.3 is 25.6 Å². The van der Waals surface area contributed by atoms with E-state index in [2.05, 4.69) is 20.9 Å². The quantitative estimate of drug-likeness (QED) is 0.271. The summed E-state index contributed by atoms with van der Waals surface area (Å²) < 4.78 is 5.37. The number of carbonyl (C=O) groups is 2. The van der Waals surface area contributed by atoms with Gasteiger partial charge in [-0.1, -0.05) is 6.42 Å². The number of halogens is 1. The summed E-state index contributed by atoms with van der Waals surface area (Å²) in [7, 11) is 3.51. The minimum Gasteiger partial charge on any atom is -0.444 e. The van der Waals surface area contributed by atoms with Gasteiger partial charge in [-0.2, -0.15) is 0 Å². The Bertz CT molecular complexity index is 671. The van der Waals surface area contributed by atoms with Gasteiger partial charge >= 0.3 is 6.09 Å². The first kappa shape index (κ1) is 27.0. The van der Waals surface area contributed by atoms with Crippen LogP contribution in [0.3, 0.4) is 0 Å². The molecule has 0 aromatic rings. The van der Waals surface area contributed by atoms with Gasteiger partial charge in [-0.25, -0.2) is 9.79 Å². The lowest BCUT2D eigenvalue weighted by atomic mass is 9.91. The van der Waals surface area contributed by atoms with Gasteiger partial charge in [-0.05, 0) is 77.6 Å². The molecule has 3 rings (SSSR count). The van der Waals surface area contributed by atoms with Gasteiger partial charge in [0.2, 0.25) is 5.91 Å². The Morgan fingerprint density at radius 2 is 1.56 bits per heavy atom. The second kappa shape index (κ2) is 11.7. The number of ether oxygens (including phenoxy) is 1. The van der Waals surface area contributed by atoms with E-state index in [4.69, 9.17) is 4.74 Å². The number of guanidine groups is 1. The van der Waals surface area contributed by atoms with Gasteiger partial charge in [0.1, 0.15) is 12.1 Å². The number of carbonyl (C=O) groups excluding carboxylic acids is 2. The zero-order chi connectivity index (χ0) is 22.6. The Hall–Kier alpha value is -1.26. The molecule has 3 fully saturated rings. The highest BCUT2D eigenvalue weighted by atomic mass is 127. The van der Waals surface area contributed by atoms with Crippen LogP contribution in [0, 0.1) is 11.8 Å². The van der Waals surface area contributed by atoms with E-state index in [9.17, 15) is 9.59 Å². The summed E-state index contributed by atoms with van der Waals surface area (Å²) in [6, 6.07) is 0.891. The van der Waals surface area contributed by atoms with Gasteiger partial charge in [0, 0.05) is 32.2 Å². The summed E-state index contributed by atoms with van der Waals surface area (Å²) in [5.41, 5.74) is -0.483. The zero-order valence-electron chi connectivity index (χ0n) is 20.3. The average Bonchev–Trinajstić information content (AvgIpc) is 3.28. The van der Waals surface area contributed by atoms with Crippen molar-refractivity contribution in [2.24, 2.45) is 16.8 Å². The minimum atomic E-state index is -0.483. The molecule has 0 saturated heterocycles. The van der Waals surface area contributed by atoms with Crippen molar-refractivity contribution in [1.82, 2.24) is 20.9 Å². The second-order valence-electron chi connectivity index (χ2n) is 10.7. The van der Waals surface area contributed by atoms with Crippen molar-refractivity contribution in [1.29, 1.82) is 0 Å². The minimum absolute atomic E-state index is 0. The van der Waals surface area contributed by atoms with E-state index in [-0.39, 0.29) is 54.6 Å². The van der Waals surface area contributed by atoms with Gasteiger partial charge in [0.25, 0.3) is 0 Å². The maximum absolute atomic E-state index is 12.1. The second-order valence-corrected chi connectivity index (χ2v) is 10.7. The van der Waals surface area contributed by atoms with E-state index >= 15 is 0 Å². The first-order valence-electron chi connectivity index (χ1n) is 11.9. The molecule has 3 atom stereocenters. The van der Waals surface area contributed by atoms with Gasteiger partial charge in [-0.15, -0.1) is 24.0 Å². The third-order valence-corrected chi connectivity index (χ3v) is 6.72. The average molecular weight is 564 g/mol. The summed E-state index contributed by atoms with van der Waals surface area (Å²) in [6.45, 7) is 5.77. The van der Waals surface area contributed by atoms with Crippen molar-refractivity contribution in [3.63, 3.8) is 0 Å². The van der Waals surface area contributed by atoms with Crippen molar-refractivity contribution in [3.8, 4) is 0 Å². The van der Waals surface area contributed by atoms with E-state index < -0.39 is 5.60 Å². The van der Waals surface area contributed by atoms with Crippen LogP contribution in [-0.2, 0) is 9.53 Å². The normalized spacial score (nSPS) is 29.7. The van der Waals surface area contributed by atoms with Crippen LogP contribution in [0.4, 0.5) is 4.79 Å². The Balaban J connectivity index is 0.00000363. The van der Waals surface area contributed by atoms with Crippen LogP contribution >= 0.6 is 24.0 Å². The Kier molecular flexibility index (Phi) is 9.90. The number of fused-ring (bicyclic) bond motifs is 2. The molecule has 0 aliphatic heterocycles. The molecule has 3 saturated carbocycles. The largest absolute Gasteiger partial charge is 0.444 e. The van der Waals surface area contributed by atoms with Crippen molar-refractivity contribution < 1.29 is 14.3 Å². The number of nitrogens with one attached hydrogen (secondary N) is 3. The van der Waals surface area contributed by atoms with Crippen LogP contribution in [0.5, 0.6) is 0 Å². The van der Waals surface area contributed by atoms with E-state index in [1.807, 2.05) is 20.8 Å². The topological polar surface area (TPSA) is 95.1 Å². The van der Waals surface area contributed by atoms with Crippen LogP contribution in [0.1, 0.15) is 72.1 Å². The van der Waals surface area contributed by atoms with Crippen molar-refractivity contribution in [3.05, 3.63) is 0 Å². The molecule has 0 aromatic heterocycles. The number of nitrogens with zero attached hydrogens (tertiary/aromatic N) is 2. The highest BCUT2D eigenvalue weighted by molar-refractivity contribution is 14.0. The van der Waals surface area contributed by atoms with E-state index in [0.717, 1.165) is 43.5 Å². The third-order valence-electron chi connectivity index (χ3n) is 6.72. The van der Waals surface area contributed by atoms with E-state index in [1.165, 1.54) is 25.7 Å². The molecule has 0 radical (unpaired) electrons. The molecular formula is C23H42IN5O3. The monoisotopic (exact) mass is 563 g/mol. The van der Waals surface area contributed by atoms with Gasteiger partial charge in [-0.3, -0.25) is 4.79 Å². The van der Waals surface area contributed by atoms with Gasteiger partial charge in [0.05, 0.1) is 0 Å². The molecule has 3 aliphatic rings. The zero-order valence-corrected chi connectivity index (χ0v) is 22.6. The summed E-state index contributed by atoms with van der Waals surface area (Å²) in [5, 5.41) is 10.2. The fourth-order valence-electron chi connectivity index (χ4n) is 5.07. The predicted molar refractivity (Wildman–Crippen MR) is 137 cm³/mol. The van der Waals surface area contributed by atoms with Crippen LogP contribution < -0.4 is 16.0 Å². The lowest BCUT2D eigenvalue weighted by Gasteiger charge is -2.32. The number of likely N-dealkylation sites (N-methyl/N-ethyl adjacent to an activating group) is 1. The maximum atomic E-state index is 12.1. The highest BCUT2D eigenvalue weighted by Crippen LogP contribution is 2.44. The molecule has 3 unspecified atom stereocenters. The fourth-order valence-corrected chi connectivity index (χ4v) is 5.07. The SMILES string of the molecule is CN(C)C(=O)CN=C(NC1CCC(NC(=O)OC(C)(C)C)CC1)NC1CC2CCC1C2.I. The number of alkyl carbamates (subject to hydrolysis) is 1. The molecule has 32 heavy (non-hydrogen) atoms. The fraction of sp³-hybridized carbons (Fsp3) is 0.870. The van der Waals surface area contributed by atoms with Crippen LogP contribution in [0.15, 0.2) is 4.99 Å². The maximum Gasteiger partial charge on any atom is 0.407 e. The van der Waals surface area contributed by atoms with Crippen molar-refractivity contribution >= 4 is 41.9 Å². The van der Waals surface area contributed by atoms with E-state index in [1.54, 1.807) is 19.0 Å². The highest BCUT2D eigenvalue weighted by Gasteiger charge is 2.40. The number of amides is 2. The summed E-state index contributed by atoms with van der Waals surface area (Å²) in [5.74, 6) is 2.34. The van der Waals surface area contributed by atoms with Gasteiger partial charge in [0.15, 0.2) is 5.96 Å². The van der Waals surface area contributed by atoms with Crippen LogP contribution in [0.2, 0.25) is 0 Å².